The van der Waals surface area contributed by atoms with Crippen LogP contribution in [-0.4, -0.2) is 4.37 Å². The molecule has 0 aliphatic rings. The molecule has 2 rings (SSSR count). The molecular weight excluding hydrogens is 247 g/mol. The van der Waals surface area contributed by atoms with Crippen LogP contribution >= 0.6 is 11.5 Å². The van der Waals surface area contributed by atoms with Gasteiger partial charge in [0.15, 0.2) is 0 Å². The van der Waals surface area contributed by atoms with Gasteiger partial charge in [0.1, 0.15) is 0 Å². The molecule has 0 saturated carbocycles. The molecule has 1 aromatic heterocycles. The molecule has 1 nitrogen and oxygen atoms in total. The first kappa shape index (κ1) is 14.0. The molecule has 0 radical (unpaired) electrons. The van der Waals surface area contributed by atoms with Crippen LogP contribution in [0.1, 0.15) is 29.9 Å². The summed E-state index contributed by atoms with van der Waals surface area (Å²) < 4.78 is 41.9. The van der Waals surface area contributed by atoms with Gasteiger partial charge in [-0.05, 0) is 43.1 Å². The maximum absolute atomic E-state index is 12.7. The first-order chi connectivity index (χ1) is 7.89. The van der Waals surface area contributed by atoms with E-state index < -0.39 is 11.7 Å². The number of aromatic nitrogens is 1. The van der Waals surface area contributed by atoms with Crippen molar-refractivity contribution in [3.8, 4) is 0 Å². The van der Waals surface area contributed by atoms with Crippen molar-refractivity contribution in [2.75, 3.05) is 0 Å². The molecule has 0 unspecified atom stereocenters. The van der Waals surface area contributed by atoms with Crippen molar-refractivity contribution in [3.63, 3.8) is 0 Å². The largest absolute Gasteiger partial charge is 0.418 e. The predicted molar refractivity (Wildman–Crippen MR) is 65.4 cm³/mol. The quantitative estimate of drug-likeness (QED) is 0.653. The van der Waals surface area contributed by atoms with Gasteiger partial charge in [0.2, 0.25) is 0 Å². The number of fused-ring (bicyclic) bond motifs is 1. The Balaban J connectivity index is 0.000000686. The molecule has 94 valence electrons. The summed E-state index contributed by atoms with van der Waals surface area (Å²) in [5.74, 6) is 0. The molecule has 0 aliphatic heterocycles. The van der Waals surface area contributed by atoms with Crippen LogP contribution < -0.4 is 0 Å². The lowest BCUT2D eigenvalue weighted by Gasteiger charge is -2.08. The summed E-state index contributed by atoms with van der Waals surface area (Å²) in [7, 11) is 0. The van der Waals surface area contributed by atoms with E-state index in [0.29, 0.717) is 10.9 Å². The van der Waals surface area contributed by atoms with Crippen molar-refractivity contribution < 1.29 is 13.2 Å². The molecule has 0 aliphatic carbocycles. The molecular formula is C12H14F3NS. The van der Waals surface area contributed by atoms with Crippen LogP contribution in [-0.2, 0) is 6.18 Å². The zero-order chi connectivity index (χ0) is 13.2. The van der Waals surface area contributed by atoms with E-state index in [-0.39, 0.29) is 5.52 Å². The van der Waals surface area contributed by atoms with Crippen molar-refractivity contribution in [2.45, 2.75) is 33.9 Å². The third kappa shape index (κ3) is 2.77. The van der Waals surface area contributed by atoms with E-state index in [1.54, 1.807) is 19.9 Å². The van der Waals surface area contributed by atoms with Gasteiger partial charge in [0.05, 0.1) is 11.1 Å². The van der Waals surface area contributed by atoms with Crippen molar-refractivity contribution in [3.05, 3.63) is 28.1 Å². The van der Waals surface area contributed by atoms with Gasteiger partial charge >= 0.3 is 6.18 Å². The fourth-order valence-electron chi connectivity index (χ4n) is 1.52. The average Bonchev–Trinajstić information content (AvgIpc) is 2.61. The number of benzene rings is 1. The Kier molecular flexibility index (Phi) is 4.14. The zero-order valence-electron chi connectivity index (χ0n) is 10.1. The minimum atomic E-state index is -4.33. The van der Waals surface area contributed by atoms with E-state index in [2.05, 4.69) is 4.37 Å². The van der Waals surface area contributed by atoms with E-state index in [9.17, 15) is 13.2 Å². The van der Waals surface area contributed by atoms with Gasteiger partial charge in [-0.1, -0.05) is 13.8 Å². The van der Waals surface area contributed by atoms with Crippen molar-refractivity contribution >= 4 is 22.4 Å². The molecule has 1 heterocycles. The number of rotatable bonds is 0. The molecule has 0 bridgehead atoms. The minimum absolute atomic E-state index is 0.0654. The van der Waals surface area contributed by atoms with Crippen LogP contribution in [0.25, 0.3) is 10.9 Å². The summed E-state index contributed by atoms with van der Waals surface area (Å²) in [5.41, 5.74) is 0.0376. The predicted octanol–water partition coefficient (Wildman–Crippen LogP) is 4.96. The first-order valence-electron chi connectivity index (χ1n) is 5.33. The maximum atomic E-state index is 12.7. The van der Waals surface area contributed by atoms with Gasteiger partial charge in [0.25, 0.3) is 0 Å². The first-order valence-corrected chi connectivity index (χ1v) is 6.11. The highest BCUT2D eigenvalue weighted by Crippen LogP contribution is 2.36. The van der Waals surface area contributed by atoms with Gasteiger partial charge in [-0.3, -0.25) is 0 Å². The van der Waals surface area contributed by atoms with E-state index >= 15 is 0 Å². The standard InChI is InChI=1S/C10H8F3NS.C2H6/c1-5-3-7-6(2)15-14-9(7)8(4-5)10(11,12)13;1-2/h3-4H,1-2H3;1-2H3. The Hall–Kier alpha value is -1.10. The Morgan fingerprint density at radius 1 is 1.12 bits per heavy atom. The van der Waals surface area contributed by atoms with Gasteiger partial charge in [-0.2, -0.15) is 17.5 Å². The third-order valence-corrected chi connectivity index (χ3v) is 2.98. The summed E-state index contributed by atoms with van der Waals surface area (Å²) >= 11 is 1.11. The van der Waals surface area contributed by atoms with Gasteiger partial charge in [-0.25, -0.2) is 0 Å². The molecule has 1 aromatic carbocycles. The lowest BCUT2D eigenvalue weighted by Crippen LogP contribution is -2.06. The van der Waals surface area contributed by atoms with E-state index in [4.69, 9.17) is 0 Å². The summed E-state index contributed by atoms with van der Waals surface area (Å²) in [6, 6.07) is 2.88. The van der Waals surface area contributed by atoms with Crippen molar-refractivity contribution in [1.29, 1.82) is 0 Å². The van der Waals surface area contributed by atoms with E-state index in [1.807, 2.05) is 13.8 Å². The molecule has 0 amide bonds. The molecule has 0 fully saturated rings. The molecule has 0 spiro atoms. The highest BCUT2D eigenvalue weighted by molar-refractivity contribution is 7.07. The lowest BCUT2D eigenvalue weighted by atomic mass is 10.1. The number of halogens is 3. The number of alkyl halides is 3. The monoisotopic (exact) mass is 261 g/mol. The number of aryl methyl sites for hydroxylation is 2. The summed E-state index contributed by atoms with van der Waals surface area (Å²) in [5, 5.41) is 0.604. The topological polar surface area (TPSA) is 12.9 Å². The second kappa shape index (κ2) is 5.04. The van der Waals surface area contributed by atoms with Crippen molar-refractivity contribution in [1.82, 2.24) is 4.37 Å². The minimum Gasteiger partial charge on any atom is -0.192 e. The van der Waals surface area contributed by atoms with Gasteiger partial charge < -0.3 is 0 Å². The van der Waals surface area contributed by atoms with E-state index in [0.717, 1.165) is 22.5 Å². The summed E-state index contributed by atoms with van der Waals surface area (Å²) in [6.45, 7) is 7.44. The Morgan fingerprint density at radius 3 is 2.24 bits per heavy atom. The summed E-state index contributed by atoms with van der Waals surface area (Å²) in [4.78, 5) is 0.819. The molecule has 17 heavy (non-hydrogen) atoms. The van der Waals surface area contributed by atoms with Gasteiger partial charge in [0, 0.05) is 10.3 Å². The van der Waals surface area contributed by atoms with Crippen LogP contribution in [0, 0.1) is 13.8 Å². The number of nitrogens with zero attached hydrogens (tertiary/aromatic N) is 1. The smallest absolute Gasteiger partial charge is 0.192 e. The lowest BCUT2D eigenvalue weighted by molar-refractivity contribution is -0.136. The van der Waals surface area contributed by atoms with Crippen LogP contribution in [0.15, 0.2) is 12.1 Å². The van der Waals surface area contributed by atoms with Crippen LogP contribution in [0.2, 0.25) is 0 Å². The SMILES string of the molecule is CC.Cc1cc(C(F)(F)F)c2nsc(C)c2c1. The Bertz CT molecular complexity index is 514. The third-order valence-electron chi connectivity index (χ3n) is 2.21. The number of hydrogen-bond acceptors (Lipinski definition) is 2. The second-order valence-electron chi connectivity index (χ2n) is 3.45. The van der Waals surface area contributed by atoms with Crippen molar-refractivity contribution in [2.24, 2.45) is 0 Å². The van der Waals surface area contributed by atoms with Gasteiger partial charge in [-0.15, -0.1) is 0 Å². The highest BCUT2D eigenvalue weighted by atomic mass is 32.1. The zero-order valence-corrected chi connectivity index (χ0v) is 11.0. The van der Waals surface area contributed by atoms with Crippen LogP contribution in [0.4, 0.5) is 13.2 Å². The molecule has 0 atom stereocenters. The van der Waals surface area contributed by atoms with Crippen LogP contribution in [0.5, 0.6) is 0 Å². The molecule has 0 N–H and O–H groups in total. The average molecular weight is 261 g/mol. The second-order valence-corrected chi connectivity index (χ2v) is 4.42. The molecule has 5 heteroatoms. The summed E-state index contributed by atoms with van der Waals surface area (Å²) in [6.07, 6.45) is -4.33. The molecule has 2 aromatic rings. The van der Waals surface area contributed by atoms with Crippen LogP contribution in [0.3, 0.4) is 0 Å². The normalized spacial score (nSPS) is 11.2. The fourth-order valence-corrected chi connectivity index (χ4v) is 2.20. The fraction of sp³-hybridized carbons (Fsp3) is 0.417. The number of hydrogen-bond donors (Lipinski definition) is 0. The molecule has 0 saturated heterocycles. The Labute approximate surface area is 102 Å². The Morgan fingerprint density at radius 2 is 1.71 bits per heavy atom. The highest BCUT2D eigenvalue weighted by Gasteiger charge is 2.34. The van der Waals surface area contributed by atoms with E-state index in [1.165, 1.54) is 0 Å². The maximum Gasteiger partial charge on any atom is 0.418 e.